The van der Waals surface area contributed by atoms with Crippen LogP contribution in [0, 0.1) is 0 Å². The van der Waals surface area contributed by atoms with Crippen molar-refractivity contribution in [2.24, 2.45) is 0 Å². The van der Waals surface area contributed by atoms with Crippen molar-refractivity contribution in [3.8, 4) is 0 Å². The lowest BCUT2D eigenvalue weighted by Crippen LogP contribution is -2.27. The van der Waals surface area contributed by atoms with Crippen LogP contribution in [-0.4, -0.2) is 21.8 Å². The Kier molecular flexibility index (Phi) is 3.20. The normalized spacial score (nSPS) is 26.1. The van der Waals surface area contributed by atoms with E-state index in [4.69, 9.17) is 4.98 Å². The van der Waals surface area contributed by atoms with E-state index in [1.54, 1.807) is 0 Å². The molecule has 2 aliphatic rings. The molecule has 1 atom stereocenters. The van der Waals surface area contributed by atoms with Gasteiger partial charge in [-0.1, -0.05) is 18.2 Å². The van der Waals surface area contributed by atoms with E-state index >= 15 is 0 Å². The lowest BCUT2D eigenvalue weighted by molar-refractivity contribution is 0.405. The van der Waals surface area contributed by atoms with Crippen LogP contribution in [0.2, 0.25) is 0 Å². The molecule has 1 fully saturated rings. The summed E-state index contributed by atoms with van der Waals surface area (Å²) in [5.74, 6) is 1.23. The molecule has 1 aromatic rings. The first-order valence-electron chi connectivity index (χ1n) is 6.37. The summed E-state index contributed by atoms with van der Waals surface area (Å²) in [5, 5.41) is 4.81. The first kappa shape index (κ1) is 10.7. The molecule has 4 heteroatoms. The van der Waals surface area contributed by atoms with Crippen LogP contribution in [0.4, 0.5) is 0 Å². The highest BCUT2D eigenvalue weighted by Crippen LogP contribution is 2.28. The van der Waals surface area contributed by atoms with Crippen LogP contribution in [0.25, 0.3) is 0 Å². The summed E-state index contributed by atoms with van der Waals surface area (Å²) in [5.41, 5.74) is 1.27. The van der Waals surface area contributed by atoms with Gasteiger partial charge >= 0.3 is 0 Å². The summed E-state index contributed by atoms with van der Waals surface area (Å²) in [6.45, 7) is 2.31. The molecule has 0 saturated carbocycles. The van der Waals surface area contributed by atoms with Gasteiger partial charge in [-0.05, 0) is 32.2 Å². The summed E-state index contributed by atoms with van der Waals surface area (Å²) in [6, 6.07) is 0.508. The fraction of sp³-hybridized carbons (Fsp3) is 0.750. The van der Waals surface area contributed by atoms with E-state index < -0.39 is 0 Å². The minimum Gasteiger partial charge on any atom is -0.326 e. The van der Waals surface area contributed by atoms with Gasteiger partial charge in [-0.15, -0.1) is 0 Å². The molecule has 0 radical (unpaired) electrons. The van der Waals surface area contributed by atoms with Crippen LogP contribution in [-0.2, 0) is 6.54 Å². The summed E-state index contributed by atoms with van der Waals surface area (Å²) in [6.07, 6.45) is 8.81. The average Bonchev–Trinajstić information content (AvgIpc) is 2.62. The van der Waals surface area contributed by atoms with E-state index in [2.05, 4.69) is 16.1 Å². The van der Waals surface area contributed by atoms with E-state index in [1.165, 1.54) is 48.7 Å². The van der Waals surface area contributed by atoms with Crippen molar-refractivity contribution < 1.29 is 0 Å². The Bertz CT molecular complexity index is 332. The standard InChI is InChI=1S/C12H19N3S/c1-2-6-13-10(5-1)11-9-15-7-3-4-8-16-12(15)14-11/h9-10,13H,1-8H2. The lowest BCUT2D eigenvalue weighted by Gasteiger charge is -2.21. The Morgan fingerprint density at radius 1 is 1.31 bits per heavy atom. The SMILES string of the molecule is c1c(C2CCCCN2)nc2n1CCCCS2. The average molecular weight is 237 g/mol. The quantitative estimate of drug-likeness (QED) is 0.814. The Morgan fingerprint density at radius 3 is 3.19 bits per heavy atom. The zero-order valence-electron chi connectivity index (χ0n) is 9.61. The molecular weight excluding hydrogens is 218 g/mol. The zero-order chi connectivity index (χ0) is 10.8. The first-order valence-corrected chi connectivity index (χ1v) is 7.35. The fourth-order valence-corrected chi connectivity index (χ4v) is 3.52. The molecule has 3 heterocycles. The predicted octanol–water partition coefficient (Wildman–Crippen LogP) is 2.58. The van der Waals surface area contributed by atoms with Gasteiger partial charge in [0.25, 0.3) is 0 Å². The molecule has 1 aromatic heterocycles. The van der Waals surface area contributed by atoms with Crippen molar-refractivity contribution in [2.75, 3.05) is 12.3 Å². The number of hydrogen-bond acceptors (Lipinski definition) is 3. The van der Waals surface area contributed by atoms with Crippen molar-refractivity contribution in [1.82, 2.24) is 14.9 Å². The van der Waals surface area contributed by atoms with Gasteiger partial charge in [-0.3, -0.25) is 0 Å². The Hall–Kier alpha value is -0.480. The van der Waals surface area contributed by atoms with E-state index in [0.717, 1.165) is 13.1 Å². The molecule has 1 unspecified atom stereocenters. The number of aryl methyl sites for hydroxylation is 1. The molecule has 3 nitrogen and oxygen atoms in total. The zero-order valence-corrected chi connectivity index (χ0v) is 10.4. The predicted molar refractivity (Wildman–Crippen MR) is 66.8 cm³/mol. The van der Waals surface area contributed by atoms with Crippen molar-refractivity contribution >= 4 is 11.8 Å². The number of nitrogens with zero attached hydrogens (tertiary/aromatic N) is 2. The van der Waals surface area contributed by atoms with Gasteiger partial charge < -0.3 is 9.88 Å². The molecular formula is C12H19N3S. The van der Waals surface area contributed by atoms with Crippen LogP contribution in [0.15, 0.2) is 11.4 Å². The highest BCUT2D eigenvalue weighted by molar-refractivity contribution is 7.99. The first-order chi connectivity index (χ1) is 7.93. The molecule has 1 N–H and O–H groups in total. The van der Waals surface area contributed by atoms with Gasteiger partial charge in [0.05, 0.1) is 11.7 Å². The second-order valence-electron chi connectivity index (χ2n) is 4.70. The van der Waals surface area contributed by atoms with E-state index in [0.29, 0.717) is 6.04 Å². The maximum absolute atomic E-state index is 4.80. The second kappa shape index (κ2) is 4.80. The lowest BCUT2D eigenvalue weighted by atomic mass is 10.0. The third kappa shape index (κ3) is 2.13. The molecule has 88 valence electrons. The fourth-order valence-electron chi connectivity index (χ4n) is 2.51. The molecule has 0 bridgehead atoms. The van der Waals surface area contributed by atoms with Crippen LogP contribution in [0.3, 0.4) is 0 Å². The molecule has 2 aliphatic heterocycles. The van der Waals surface area contributed by atoms with Gasteiger partial charge in [-0.25, -0.2) is 4.98 Å². The molecule has 1 saturated heterocycles. The molecule has 16 heavy (non-hydrogen) atoms. The van der Waals surface area contributed by atoms with Gasteiger partial charge in [0.15, 0.2) is 5.16 Å². The minimum absolute atomic E-state index is 0.508. The summed E-state index contributed by atoms with van der Waals surface area (Å²) in [4.78, 5) is 4.80. The smallest absolute Gasteiger partial charge is 0.168 e. The van der Waals surface area contributed by atoms with Crippen molar-refractivity contribution in [3.05, 3.63) is 11.9 Å². The number of aromatic nitrogens is 2. The molecule has 3 rings (SSSR count). The number of thioether (sulfide) groups is 1. The molecule has 0 aliphatic carbocycles. The van der Waals surface area contributed by atoms with Gasteiger partial charge in [0, 0.05) is 18.5 Å². The van der Waals surface area contributed by atoms with Crippen LogP contribution in [0.1, 0.15) is 43.8 Å². The van der Waals surface area contributed by atoms with Crippen LogP contribution < -0.4 is 5.32 Å². The molecule has 0 aromatic carbocycles. The number of hydrogen-bond donors (Lipinski definition) is 1. The van der Waals surface area contributed by atoms with Crippen LogP contribution >= 0.6 is 11.8 Å². The Balaban J connectivity index is 1.80. The summed E-state index contributed by atoms with van der Waals surface area (Å²) >= 11 is 1.92. The van der Waals surface area contributed by atoms with E-state index in [1.807, 2.05) is 11.8 Å². The second-order valence-corrected chi connectivity index (χ2v) is 5.76. The maximum atomic E-state index is 4.80. The number of rotatable bonds is 1. The highest BCUT2D eigenvalue weighted by atomic mass is 32.2. The van der Waals surface area contributed by atoms with Crippen molar-refractivity contribution in [2.45, 2.75) is 49.8 Å². The third-order valence-electron chi connectivity index (χ3n) is 3.45. The van der Waals surface area contributed by atoms with Crippen molar-refractivity contribution in [1.29, 1.82) is 0 Å². The maximum Gasteiger partial charge on any atom is 0.168 e. The largest absolute Gasteiger partial charge is 0.326 e. The number of fused-ring (bicyclic) bond motifs is 1. The van der Waals surface area contributed by atoms with E-state index in [9.17, 15) is 0 Å². The summed E-state index contributed by atoms with van der Waals surface area (Å²) in [7, 11) is 0. The van der Waals surface area contributed by atoms with Gasteiger partial charge in [0.2, 0.25) is 0 Å². The van der Waals surface area contributed by atoms with Crippen LogP contribution in [0.5, 0.6) is 0 Å². The monoisotopic (exact) mass is 237 g/mol. The summed E-state index contributed by atoms with van der Waals surface area (Å²) < 4.78 is 2.35. The number of imidazole rings is 1. The van der Waals surface area contributed by atoms with Gasteiger partial charge in [-0.2, -0.15) is 0 Å². The van der Waals surface area contributed by atoms with Crippen molar-refractivity contribution in [3.63, 3.8) is 0 Å². The number of piperidine rings is 1. The van der Waals surface area contributed by atoms with E-state index in [-0.39, 0.29) is 0 Å². The molecule has 0 amide bonds. The Morgan fingerprint density at radius 2 is 2.31 bits per heavy atom. The minimum atomic E-state index is 0.508. The number of nitrogens with one attached hydrogen (secondary N) is 1. The topological polar surface area (TPSA) is 29.9 Å². The third-order valence-corrected chi connectivity index (χ3v) is 4.53. The van der Waals surface area contributed by atoms with Gasteiger partial charge in [0.1, 0.15) is 0 Å². The highest BCUT2D eigenvalue weighted by Gasteiger charge is 2.20. The Labute approximate surface area is 101 Å². The molecule has 0 spiro atoms.